The summed E-state index contributed by atoms with van der Waals surface area (Å²) in [7, 11) is -0.454. The fourth-order valence-corrected chi connectivity index (χ4v) is 2.25. The van der Waals surface area contributed by atoms with E-state index in [1.807, 2.05) is 52.9 Å². The van der Waals surface area contributed by atoms with Gasteiger partial charge in [0.2, 0.25) is 0 Å². The molecule has 0 amide bonds. The lowest BCUT2D eigenvalue weighted by Crippen LogP contribution is -2.41. The van der Waals surface area contributed by atoms with Crippen LogP contribution in [0.3, 0.4) is 0 Å². The molecule has 0 radical (unpaired) electrons. The second-order valence-corrected chi connectivity index (χ2v) is 6.31. The van der Waals surface area contributed by atoms with Crippen LogP contribution in [-0.4, -0.2) is 39.5 Å². The van der Waals surface area contributed by atoms with Crippen molar-refractivity contribution in [3.8, 4) is 0 Å². The van der Waals surface area contributed by atoms with E-state index < -0.39 is 7.12 Å². The maximum absolute atomic E-state index is 6.02. The third-order valence-electron chi connectivity index (χ3n) is 4.19. The number of aromatic nitrogens is 3. The van der Waals surface area contributed by atoms with Gasteiger partial charge in [0.1, 0.15) is 5.82 Å². The van der Waals surface area contributed by atoms with Crippen LogP contribution in [0.5, 0.6) is 0 Å². The zero-order chi connectivity index (χ0) is 15.3. The minimum absolute atomic E-state index is 0.363. The van der Waals surface area contributed by atoms with Gasteiger partial charge >= 0.3 is 7.12 Å². The largest absolute Gasteiger partial charge is 0.516 e. The molecule has 7 heteroatoms. The van der Waals surface area contributed by atoms with Gasteiger partial charge < -0.3 is 14.6 Å². The molecule has 1 aliphatic rings. The summed E-state index contributed by atoms with van der Waals surface area (Å²) >= 11 is 0. The first kappa shape index (κ1) is 14.3. The van der Waals surface area contributed by atoms with Crippen molar-refractivity contribution in [1.29, 1.82) is 0 Å². The summed E-state index contributed by atoms with van der Waals surface area (Å²) in [4.78, 5) is 4.44. The number of rotatable bonds is 3. The average Bonchev–Trinajstić information content (AvgIpc) is 2.87. The Balaban J connectivity index is 1.91. The van der Waals surface area contributed by atoms with E-state index in [2.05, 4.69) is 15.4 Å². The third kappa shape index (κ3) is 2.40. The Morgan fingerprint density at radius 1 is 1.19 bits per heavy atom. The third-order valence-corrected chi connectivity index (χ3v) is 4.19. The van der Waals surface area contributed by atoms with Gasteiger partial charge in [0.15, 0.2) is 5.65 Å². The van der Waals surface area contributed by atoms with E-state index in [4.69, 9.17) is 9.31 Å². The highest BCUT2D eigenvalue weighted by molar-refractivity contribution is 6.61. The van der Waals surface area contributed by atoms with Gasteiger partial charge in [0.05, 0.1) is 23.0 Å². The predicted octanol–water partition coefficient (Wildman–Crippen LogP) is 1.46. The summed E-state index contributed by atoms with van der Waals surface area (Å²) in [6.07, 6.45) is 1.87. The molecular formula is C14H21BN4O2. The summed E-state index contributed by atoms with van der Waals surface area (Å²) in [5, 5.41) is 7.73. The molecule has 112 valence electrons. The molecule has 21 heavy (non-hydrogen) atoms. The fourth-order valence-electron chi connectivity index (χ4n) is 2.25. The van der Waals surface area contributed by atoms with Crippen LogP contribution >= 0.6 is 0 Å². The maximum atomic E-state index is 6.02. The van der Waals surface area contributed by atoms with E-state index in [0.717, 1.165) is 23.6 Å². The second kappa shape index (κ2) is 4.71. The number of hydrogen-bond donors (Lipinski definition) is 1. The van der Waals surface area contributed by atoms with Crippen LogP contribution in [0.25, 0.3) is 5.65 Å². The van der Waals surface area contributed by atoms with E-state index in [0.29, 0.717) is 0 Å². The number of imidazole rings is 1. The Labute approximate surface area is 125 Å². The van der Waals surface area contributed by atoms with E-state index in [1.165, 1.54) is 0 Å². The number of nitrogens with zero attached hydrogens (tertiary/aromatic N) is 3. The second-order valence-electron chi connectivity index (χ2n) is 6.31. The number of anilines is 1. The lowest BCUT2D eigenvalue weighted by atomic mass is 9.85. The van der Waals surface area contributed by atoms with Crippen LogP contribution in [0, 0.1) is 0 Å². The highest BCUT2D eigenvalue weighted by Crippen LogP contribution is 2.36. The minimum Gasteiger partial charge on any atom is -0.398 e. The molecule has 2 aromatic rings. The molecule has 0 saturated carbocycles. The van der Waals surface area contributed by atoms with Gasteiger partial charge in [-0.2, -0.15) is 5.10 Å². The van der Waals surface area contributed by atoms with Crippen LogP contribution in [0.1, 0.15) is 34.6 Å². The Kier molecular flexibility index (Phi) is 3.22. The Morgan fingerprint density at radius 3 is 2.48 bits per heavy atom. The van der Waals surface area contributed by atoms with Crippen molar-refractivity contribution in [3.05, 3.63) is 18.3 Å². The quantitative estimate of drug-likeness (QED) is 0.866. The molecular weight excluding hydrogens is 267 g/mol. The van der Waals surface area contributed by atoms with Crippen molar-refractivity contribution in [1.82, 2.24) is 14.6 Å². The predicted molar refractivity (Wildman–Crippen MR) is 82.9 cm³/mol. The summed E-state index contributed by atoms with van der Waals surface area (Å²) in [6, 6.07) is 3.83. The summed E-state index contributed by atoms with van der Waals surface area (Å²) in [5.41, 5.74) is 0.823. The van der Waals surface area contributed by atoms with Gasteiger partial charge in [-0.15, -0.1) is 0 Å². The molecule has 3 heterocycles. The zero-order valence-electron chi connectivity index (χ0n) is 13.2. The molecule has 2 aromatic heterocycles. The molecule has 1 aliphatic heterocycles. The summed E-state index contributed by atoms with van der Waals surface area (Å²) in [6.45, 7) is 11.0. The molecule has 0 spiro atoms. The van der Waals surface area contributed by atoms with E-state index >= 15 is 0 Å². The lowest BCUT2D eigenvalue weighted by molar-refractivity contribution is 0.00578. The first-order valence-corrected chi connectivity index (χ1v) is 7.28. The first-order chi connectivity index (χ1) is 9.82. The molecule has 0 aromatic carbocycles. The van der Waals surface area contributed by atoms with Crippen molar-refractivity contribution in [2.45, 2.75) is 45.8 Å². The standard InChI is InChI=1S/C14H21BN4O2/c1-6-16-11-9-19-12(17-11)8-7-10(18-19)15-20-13(2,3)14(4,5)21-15/h7-9,16H,6H2,1-5H3. The van der Waals surface area contributed by atoms with Crippen LogP contribution < -0.4 is 10.9 Å². The number of fused-ring (bicyclic) bond motifs is 1. The van der Waals surface area contributed by atoms with Crippen molar-refractivity contribution in [2.24, 2.45) is 0 Å². The highest BCUT2D eigenvalue weighted by Gasteiger charge is 2.52. The molecule has 6 nitrogen and oxygen atoms in total. The highest BCUT2D eigenvalue weighted by atomic mass is 16.7. The van der Waals surface area contributed by atoms with Crippen molar-refractivity contribution in [2.75, 3.05) is 11.9 Å². The van der Waals surface area contributed by atoms with E-state index in [1.54, 1.807) is 4.52 Å². The van der Waals surface area contributed by atoms with E-state index in [9.17, 15) is 0 Å². The minimum atomic E-state index is -0.454. The average molecular weight is 288 g/mol. The van der Waals surface area contributed by atoms with Crippen LogP contribution in [0.4, 0.5) is 5.82 Å². The monoisotopic (exact) mass is 288 g/mol. The Bertz CT molecular complexity index is 652. The van der Waals surface area contributed by atoms with Gasteiger partial charge in [-0.25, -0.2) is 9.50 Å². The molecule has 3 rings (SSSR count). The first-order valence-electron chi connectivity index (χ1n) is 7.28. The van der Waals surface area contributed by atoms with E-state index in [-0.39, 0.29) is 11.2 Å². The molecule has 1 fully saturated rings. The van der Waals surface area contributed by atoms with Crippen LogP contribution in [-0.2, 0) is 9.31 Å². The van der Waals surface area contributed by atoms with Gasteiger partial charge in [-0.05, 0) is 46.8 Å². The van der Waals surface area contributed by atoms with Gasteiger partial charge in [-0.3, -0.25) is 0 Å². The van der Waals surface area contributed by atoms with Gasteiger partial charge in [0.25, 0.3) is 0 Å². The number of hydrogen-bond acceptors (Lipinski definition) is 5. The fraction of sp³-hybridized carbons (Fsp3) is 0.571. The smallest absolute Gasteiger partial charge is 0.398 e. The number of nitrogens with one attached hydrogen (secondary N) is 1. The normalized spacial score (nSPS) is 20.1. The molecule has 1 saturated heterocycles. The SMILES string of the molecule is CCNc1cn2nc(B3OC(C)(C)C(C)(C)O3)ccc2n1. The zero-order valence-corrected chi connectivity index (χ0v) is 13.2. The van der Waals surface area contributed by atoms with Crippen molar-refractivity contribution in [3.63, 3.8) is 0 Å². The lowest BCUT2D eigenvalue weighted by Gasteiger charge is -2.32. The Morgan fingerprint density at radius 2 is 1.86 bits per heavy atom. The van der Waals surface area contributed by atoms with Crippen LogP contribution in [0.2, 0.25) is 0 Å². The van der Waals surface area contributed by atoms with Crippen LogP contribution in [0.15, 0.2) is 18.3 Å². The van der Waals surface area contributed by atoms with Crippen molar-refractivity contribution >= 4 is 24.2 Å². The molecule has 0 unspecified atom stereocenters. The Hall–Kier alpha value is -1.60. The molecule has 0 atom stereocenters. The topological polar surface area (TPSA) is 60.7 Å². The van der Waals surface area contributed by atoms with Crippen molar-refractivity contribution < 1.29 is 9.31 Å². The molecule has 0 aliphatic carbocycles. The summed E-state index contributed by atoms with van der Waals surface area (Å²) < 4.78 is 13.8. The molecule has 0 bridgehead atoms. The summed E-state index contributed by atoms with van der Waals surface area (Å²) in [5.74, 6) is 0.816. The van der Waals surface area contributed by atoms with Gasteiger partial charge in [-0.1, -0.05) is 0 Å². The van der Waals surface area contributed by atoms with Gasteiger partial charge in [0, 0.05) is 6.54 Å². The molecule has 1 N–H and O–H groups in total. The maximum Gasteiger partial charge on any atom is 0.516 e.